The van der Waals surface area contributed by atoms with Gasteiger partial charge in [-0.15, -0.1) is 0 Å². The largest absolute Gasteiger partial charge is 0.465 e. The summed E-state index contributed by atoms with van der Waals surface area (Å²) in [6.07, 6.45) is 2.96. The van der Waals surface area contributed by atoms with Crippen molar-refractivity contribution in [1.29, 1.82) is 0 Å². The van der Waals surface area contributed by atoms with Crippen LogP contribution in [0.2, 0.25) is 0 Å². The van der Waals surface area contributed by atoms with E-state index in [-0.39, 0.29) is 0 Å². The zero-order valence-electron chi connectivity index (χ0n) is 11.5. The highest BCUT2D eigenvalue weighted by molar-refractivity contribution is 5.66. The fourth-order valence-corrected chi connectivity index (χ4v) is 3.42. The van der Waals surface area contributed by atoms with E-state index < -0.39 is 6.09 Å². The van der Waals surface area contributed by atoms with E-state index >= 15 is 0 Å². The molecule has 1 saturated carbocycles. The Bertz CT molecular complexity index is 657. The molecular formula is C15H16N4O2. The molecule has 2 aliphatic rings. The number of pyridine rings is 1. The lowest BCUT2D eigenvalue weighted by atomic mass is 10.2. The van der Waals surface area contributed by atoms with Gasteiger partial charge in [0.2, 0.25) is 0 Å². The molecule has 1 aliphatic heterocycles. The minimum atomic E-state index is -0.804. The van der Waals surface area contributed by atoms with Gasteiger partial charge in [0.05, 0.1) is 17.9 Å². The predicted octanol–water partition coefficient (Wildman–Crippen LogP) is 1.65. The van der Waals surface area contributed by atoms with Crippen LogP contribution in [0.25, 0.3) is 0 Å². The minimum Gasteiger partial charge on any atom is -0.465 e. The maximum absolute atomic E-state index is 10.9. The number of carboxylic acid groups (broad SMARTS) is 1. The first kappa shape index (κ1) is 12.4. The molecule has 6 nitrogen and oxygen atoms in total. The highest BCUT2D eigenvalue weighted by atomic mass is 16.4. The molecule has 0 radical (unpaired) electrons. The molecular weight excluding hydrogens is 268 g/mol. The molecule has 2 fully saturated rings. The molecule has 3 heterocycles. The van der Waals surface area contributed by atoms with Crippen LogP contribution in [-0.2, 0) is 6.54 Å². The summed E-state index contributed by atoms with van der Waals surface area (Å²) in [6.45, 7) is 1.97. The number of fused-ring (bicyclic) bond motifs is 1. The zero-order valence-corrected chi connectivity index (χ0v) is 11.5. The fourth-order valence-electron chi connectivity index (χ4n) is 3.42. The number of nitrogens with zero attached hydrogens (tertiary/aromatic N) is 4. The molecule has 1 saturated heterocycles. The first-order chi connectivity index (χ1) is 10.2. The molecule has 108 valence electrons. The van der Waals surface area contributed by atoms with Crippen molar-refractivity contribution in [1.82, 2.24) is 19.7 Å². The van der Waals surface area contributed by atoms with Crippen molar-refractivity contribution in [3.8, 4) is 0 Å². The number of likely N-dealkylation sites (tertiary alicyclic amines) is 1. The van der Waals surface area contributed by atoms with Crippen molar-refractivity contribution in [2.24, 2.45) is 11.8 Å². The van der Waals surface area contributed by atoms with Crippen molar-refractivity contribution < 1.29 is 9.90 Å². The molecule has 0 spiro atoms. The third-order valence-corrected chi connectivity index (χ3v) is 4.52. The number of carbonyl (C=O) groups is 1. The molecule has 3 atom stereocenters. The Morgan fingerprint density at radius 1 is 1.29 bits per heavy atom. The smallest absolute Gasteiger partial charge is 0.407 e. The summed E-state index contributed by atoms with van der Waals surface area (Å²) in [5.41, 5.74) is 2.08. The summed E-state index contributed by atoms with van der Waals surface area (Å²) in [7, 11) is 0. The second-order valence-electron chi connectivity index (χ2n) is 5.80. The van der Waals surface area contributed by atoms with Crippen molar-refractivity contribution in [2.45, 2.75) is 12.5 Å². The quantitative estimate of drug-likeness (QED) is 0.930. The summed E-state index contributed by atoms with van der Waals surface area (Å²) in [5, 5.41) is 13.6. The lowest BCUT2D eigenvalue weighted by Gasteiger charge is -2.14. The van der Waals surface area contributed by atoms with E-state index in [2.05, 4.69) is 16.1 Å². The van der Waals surface area contributed by atoms with Crippen LogP contribution in [0.15, 0.2) is 36.7 Å². The van der Waals surface area contributed by atoms with Crippen LogP contribution in [0, 0.1) is 11.8 Å². The summed E-state index contributed by atoms with van der Waals surface area (Å²) in [4.78, 5) is 16.7. The third kappa shape index (κ3) is 2.16. The average Bonchev–Trinajstić information content (AvgIpc) is 2.86. The molecule has 2 aromatic rings. The summed E-state index contributed by atoms with van der Waals surface area (Å²) >= 11 is 0. The third-order valence-electron chi connectivity index (χ3n) is 4.52. The molecule has 2 unspecified atom stereocenters. The Kier molecular flexibility index (Phi) is 2.70. The highest BCUT2D eigenvalue weighted by Gasteiger charge is 2.58. The van der Waals surface area contributed by atoms with Crippen LogP contribution in [0.4, 0.5) is 4.79 Å². The molecule has 1 aliphatic carbocycles. The SMILES string of the molecule is O=C(O)N1CC2C(c3ccn(Cc4ccccn4)n3)[C@@H]2C1. The monoisotopic (exact) mass is 284 g/mol. The van der Waals surface area contributed by atoms with Crippen molar-refractivity contribution in [3.63, 3.8) is 0 Å². The molecule has 2 aromatic heterocycles. The summed E-state index contributed by atoms with van der Waals surface area (Å²) < 4.78 is 1.90. The number of aromatic nitrogens is 3. The molecule has 4 rings (SSSR count). The van der Waals surface area contributed by atoms with Gasteiger partial charge in [-0.25, -0.2) is 4.79 Å². The van der Waals surface area contributed by atoms with Crippen molar-refractivity contribution >= 4 is 6.09 Å². The van der Waals surface area contributed by atoms with Gasteiger partial charge >= 0.3 is 6.09 Å². The van der Waals surface area contributed by atoms with E-state index in [1.807, 2.05) is 29.1 Å². The number of hydrogen-bond donors (Lipinski definition) is 1. The van der Waals surface area contributed by atoms with E-state index in [4.69, 9.17) is 5.11 Å². The van der Waals surface area contributed by atoms with Crippen molar-refractivity contribution in [2.75, 3.05) is 13.1 Å². The van der Waals surface area contributed by atoms with Crippen LogP contribution in [0.3, 0.4) is 0 Å². The number of rotatable bonds is 3. The second kappa shape index (κ2) is 4.58. The summed E-state index contributed by atoms with van der Waals surface area (Å²) in [6, 6.07) is 7.91. The fraction of sp³-hybridized carbons (Fsp3) is 0.400. The van der Waals surface area contributed by atoms with Gasteiger partial charge in [-0.2, -0.15) is 5.10 Å². The van der Waals surface area contributed by atoms with Crippen LogP contribution in [-0.4, -0.2) is 44.0 Å². The Hall–Kier alpha value is -2.37. The average molecular weight is 284 g/mol. The van der Waals surface area contributed by atoms with E-state index in [1.54, 1.807) is 6.20 Å². The predicted molar refractivity (Wildman–Crippen MR) is 74.9 cm³/mol. The van der Waals surface area contributed by atoms with E-state index in [0.29, 0.717) is 37.4 Å². The van der Waals surface area contributed by atoms with Crippen LogP contribution in [0.1, 0.15) is 17.3 Å². The van der Waals surface area contributed by atoms with E-state index in [9.17, 15) is 4.79 Å². The maximum Gasteiger partial charge on any atom is 0.407 e. The lowest BCUT2D eigenvalue weighted by Crippen LogP contribution is -2.29. The maximum atomic E-state index is 10.9. The number of hydrogen-bond acceptors (Lipinski definition) is 3. The Balaban J connectivity index is 1.42. The van der Waals surface area contributed by atoms with Gasteiger partial charge in [0.25, 0.3) is 0 Å². The zero-order chi connectivity index (χ0) is 14.4. The topological polar surface area (TPSA) is 71.2 Å². The van der Waals surface area contributed by atoms with Gasteiger partial charge in [-0.05, 0) is 30.0 Å². The molecule has 1 N–H and O–H groups in total. The first-order valence-electron chi connectivity index (χ1n) is 7.13. The van der Waals surface area contributed by atoms with Gasteiger partial charge in [0.1, 0.15) is 0 Å². The van der Waals surface area contributed by atoms with Gasteiger partial charge in [0, 0.05) is 31.4 Å². The molecule has 21 heavy (non-hydrogen) atoms. The van der Waals surface area contributed by atoms with Gasteiger partial charge in [-0.3, -0.25) is 9.67 Å². The Morgan fingerprint density at radius 3 is 2.76 bits per heavy atom. The standard InChI is InChI=1S/C15H16N4O2/c20-15(21)18-8-11-12(9-18)14(11)13-4-6-19(17-13)7-10-3-1-2-5-16-10/h1-6,11-12,14H,7-9H2,(H,20,21)/t11-,12?,14?/m1/s1. The van der Waals surface area contributed by atoms with E-state index in [1.165, 1.54) is 4.90 Å². The first-order valence-corrected chi connectivity index (χ1v) is 7.13. The minimum absolute atomic E-state index is 0.436. The van der Waals surface area contributed by atoms with Crippen LogP contribution in [0.5, 0.6) is 0 Å². The molecule has 0 aromatic carbocycles. The van der Waals surface area contributed by atoms with Gasteiger partial charge < -0.3 is 10.0 Å². The Morgan fingerprint density at radius 2 is 2.10 bits per heavy atom. The second-order valence-corrected chi connectivity index (χ2v) is 5.80. The van der Waals surface area contributed by atoms with Crippen LogP contribution >= 0.6 is 0 Å². The number of piperidine rings is 1. The molecule has 6 heteroatoms. The normalized spacial score (nSPS) is 26.7. The summed E-state index contributed by atoms with van der Waals surface area (Å²) in [5.74, 6) is 1.35. The van der Waals surface area contributed by atoms with Crippen molar-refractivity contribution in [3.05, 3.63) is 48.0 Å². The molecule has 1 amide bonds. The van der Waals surface area contributed by atoms with E-state index in [0.717, 1.165) is 11.4 Å². The number of amides is 1. The van der Waals surface area contributed by atoms with Gasteiger partial charge in [-0.1, -0.05) is 6.07 Å². The molecule has 0 bridgehead atoms. The Labute approximate surface area is 122 Å². The lowest BCUT2D eigenvalue weighted by molar-refractivity contribution is 0.150. The van der Waals surface area contributed by atoms with Crippen LogP contribution < -0.4 is 0 Å². The van der Waals surface area contributed by atoms with Gasteiger partial charge in [0.15, 0.2) is 0 Å². The highest BCUT2D eigenvalue weighted by Crippen LogP contribution is 2.57.